The summed E-state index contributed by atoms with van der Waals surface area (Å²) in [5.41, 5.74) is 2.90. The summed E-state index contributed by atoms with van der Waals surface area (Å²) < 4.78 is 0. The van der Waals surface area contributed by atoms with Crippen molar-refractivity contribution in [3.05, 3.63) is 48.1 Å². The predicted octanol–water partition coefficient (Wildman–Crippen LogP) is 5.01. The molecule has 154 valence electrons. The van der Waals surface area contributed by atoms with Crippen molar-refractivity contribution in [2.75, 3.05) is 6.54 Å². The number of hydrogen-bond acceptors (Lipinski definition) is 4. The first-order valence-electron chi connectivity index (χ1n) is 10.1. The second kappa shape index (κ2) is 11.7. The number of nitrogens with one attached hydrogen (secondary N) is 1. The molecule has 0 saturated heterocycles. The normalized spacial score (nSPS) is 16.3. The quantitative estimate of drug-likeness (QED) is 0.431. The van der Waals surface area contributed by atoms with E-state index < -0.39 is 5.97 Å². The predicted molar refractivity (Wildman–Crippen MR) is 118 cm³/mol. The van der Waals surface area contributed by atoms with Crippen molar-refractivity contribution in [2.24, 2.45) is 15.9 Å². The van der Waals surface area contributed by atoms with Crippen LogP contribution in [-0.4, -0.2) is 35.5 Å². The van der Waals surface area contributed by atoms with Gasteiger partial charge >= 0.3 is 5.97 Å². The van der Waals surface area contributed by atoms with Gasteiger partial charge < -0.3 is 10.4 Å². The average molecular weight is 396 g/mol. The summed E-state index contributed by atoms with van der Waals surface area (Å²) in [5.74, 6) is -0.663. The van der Waals surface area contributed by atoms with Gasteiger partial charge in [0.2, 0.25) is 0 Å². The van der Waals surface area contributed by atoms with Gasteiger partial charge in [0.1, 0.15) is 0 Å². The number of benzene rings is 1. The number of unbranched alkanes of at least 4 members (excludes halogenated alkanes) is 2. The summed E-state index contributed by atoms with van der Waals surface area (Å²) in [7, 11) is 0. The average Bonchev–Trinajstić information content (AvgIpc) is 2.72. The minimum atomic E-state index is -0.782. The lowest BCUT2D eigenvalue weighted by molar-refractivity contribution is -0.137. The second-order valence-electron chi connectivity index (χ2n) is 6.92. The molecule has 0 heterocycles. The molecule has 0 bridgehead atoms. The standard InChI is InChI=1S/C23H29N3O3/c1-3-24-23(29)19-13-14-20(26-17(2)18-10-6-4-7-11-18)21(16-19)25-15-9-5-8-12-22(27)28/h4,6-7,10,13-16,18H,3,5,8-9,11-12H2,1-2H3,(H,24,29)(H,27,28)/b25-15+,26-17+. The number of carbonyl (C=O) groups excluding carboxylic acids is 1. The Labute approximate surface area is 172 Å². The number of rotatable bonds is 10. The zero-order chi connectivity index (χ0) is 21.1. The van der Waals surface area contributed by atoms with Crippen molar-refractivity contribution < 1.29 is 14.7 Å². The van der Waals surface area contributed by atoms with Gasteiger partial charge in [-0.05, 0) is 57.7 Å². The van der Waals surface area contributed by atoms with Crippen LogP contribution in [0.2, 0.25) is 0 Å². The van der Waals surface area contributed by atoms with Gasteiger partial charge in [-0.1, -0.05) is 24.3 Å². The molecule has 2 rings (SSSR count). The molecule has 1 aromatic carbocycles. The molecule has 0 aliphatic heterocycles. The van der Waals surface area contributed by atoms with Crippen LogP contribution in [0.1, 0.15) is 56.3 Å². The first-order chi connectivity index (χ1) is 14.0. The molecule has 0 radical (unpaired) electrons. The summed E-state index contributed by atoms with van der Waals surface area (Å²) in [6.07, 6.45) is 13.2. The molecule has 0 spiro atoms. The maximum absolute atomic E-state index is 12.2. The fourth-order valence-electron chi connectivity index (χ4n) is 2.96. The van der Waals surface area contributed by atoms with Gasteiger partial charge in [0.25, 0.3) is 5.91 Å². The number of amides is 1. The molecule has 0 fully saturated rings. The molecule has 1 unspecified atom stereocenters. The van der Waals surface area contributed by atoms with Gasteiger partial charge in [0, 0.05) is 36.4 Å². The topological polar surface area (TPSA) is 91.1 Å². The Morgan fingerprint density at radius 2 is 2.07 bits per heavy atom. The number of aliphatic imine (C=N–C) groups is 2. The molecule has 1 aromatic rings. The van der Waals surface area contributed by atoms with Crippen molar-refractivity contribution in [3.8, 4) is 0 Å². The number of hydrogen-bond donors (Lipinski definition) is 2. The SMILES string of the molecule is CCNC(=O)c1ccc(/N=C(\C)C2C=CC=CC2)c(/N=C/CCCCC(=O)O)c1. The summed E-state index contributed by atoms with van der Waals surface area (Å²) in [6, 6.07) is 5.34. The number of aliphatic carboxylic acids is 1. The first-order valence-corrected chi connectivity index (χ1v) is 10.1. The van der Waals surface area contributed by atoms with E-state index in [1.807, 2.05) is 32.1 Å². The highest BCUT2D eigenvalue weighted by molar-refractivity contribution is 5.97. The third kappa shape index (κ3) is 7.49. The lowest BCUT2D eigenvalue weighted by atomic mass is 9.96. The van der Waals surface area contributed by atoms with Crippen LogP contribution in [0.25, 0.3) is 0 Å². The Bertz CT molecular complexity index is 838. The van der Waals surface area contributed by atoms with Crippen molar-refractivity contribution in [1.29, 1.82) is 0 Å². The van der Waals surface area contributed by atoms with E-state index in [0.29, 0.717) is 30.6 Å². The fraction of sp³-hybridized carbons (Fsp3) is 0.391. The summed E-state index contributed by atoms with van der Waals surface area (Å²) in [6.45, 7) is 4.44. The third-order valence-corrected chi connectivity index (χ3v) is 4.59. The van der Waals surface area contributed by atoms with Crippen LogP contribution >= 0.6 is 0 Å². The molecule has 1 aliphatic carbocycles. The highest BCUT2D eigenvalue weighted by Gasteiger charge is 2.12. The largest absolute Gasteiger partial charge is 0.481 e. The van der Waals surface area contributed by atoms with Gasteiger partial charge in [-0.2, -0.15) is 0 Å². The zero-order valence-corrected chi connectivity index (χ0v) is 17.1. The highest BCUT2D eigenvalue weighted by Crippen LogP contribution is 2.30. The number of allylic oxidation sites excluding steroid dienone is 4. The molecule has 1 aliphatic rings. The molecule has 0 saturated carbocycles. The minimum Gasteiger partial charge on any atom is -0.481 e. The smallest absolute Gasteiger partial charge is 0.303 e. The molecular weight excluding hydrogens is 366 g/mol. The first kappa shape index (κ1) is 22.3. The van der Waals surface area contributed by atoms with Gasteiger partial charge in [-0.25, -0.2) is 0 Å². The summed E-state index contributed by atoms with van der Waals surface area (Å²) in [5, 5.41) is 11.5. The van der Waals surface area contributed by atoms with E-state index in [0.717, 1.165) is 24.2 Å². The van der Waals surface area contributed by atoms with E-state index in [1.165, 1.54) is 0 Å². The van der Waals surface area contributed by atoms with Crippen LogP contribution in [0, 0.1) is 5.92 Å². The van der Waals surface area contributed by atoms with Crippen LogP contribution in [0.5, 0.6) is 0 Å². The maximum atomic E-state index is 12.2. The van der Waals surface area contributed by atoms with Crippen molar-refractivity contribution in [1.82, 2.24) is 5.32 Å². The van der Waals surface area contributed by atoms with Crippen LogP contribution in [0.4, 0.5) is 11.4 Å². The van der Waals surface area contributed by atoms with Crippen LogP contribution < -0.4 is 5.32 Å². The van der Waals surface area contributed by atoms with Crippen LogP contribution in [-0.2, 0) is 4.79 Å². The Kier molecular flexibility index (Phi) is 9.02. The van der Waals surface area contributed by atoms with Gasteiger partial charge in [-0.3, -0.25) is 19.6 Å². The van der Waals surface area contributed by atoms with E-state index in [2.05, 4.69) is 22.5 Å². The number of nitrogens with zero attached hydrogens (tertiary/aromatic N) is 2. The third-order valence-electron chi connectivity index (χ3n) is 4.59. The van der Waals surface area contributed by atoms with Crippen molar-refractivity contribution in [2.45, 2.75) is 46.0 Å². The Morgan fingerprint density at radius 1 is 1.24 bits per heavy atom. The monoisotopic (exact) mass is 395 g/mol. The molecule has 1 amide bonds. The van der Waals surface area contributed by atoms with Gasteiger partial charge in [-0.15, -0.1) is 0 Å². The molecule has 2 N–H and O–H groups in total. The zero-order valence-electron chi connectivity index (χ0n) is 17.1. The van der Waals surface area contributed by atoms with E-state index in [-0.39, 0.29) is 18.2 Å². The summed E-state index contributed by atoms with van der Waals surface area (Å²) >= 11 is 0. The second-order valence-corrected chi connectivity index (χ2v) is 6.92. The molecular formula is C23H29N3O3. The maximum Gasteiger partial charge on any atom is 0.303 e. The lowest BCUT2D eigenvalue weighted by Crippen LogP contribution is -2.22. The number of carboxylic acid groups (broad SMARTS) is 1. The number of carbonyl (C=O) groups is 2. The fourth-order valence-corrected chi connectivity index (χ4v) is 2.96. The van der Waals surface area contributed by atoms with Crippen LogP contribution in [0.15, 0.2) is 52.5 Å². The Balaban J connectivity index is 2.19. The van der Waals surface area contributed by atoms with Crippen LogP contribution in [0.3, 0.4) is 0 Å². The van der Waals surface area contributed by atoms with E-state index in [9.17, 15) is 9.59 Å². The lowest BCUT2D eigenvalue weighted by Gasteiger charge is -2.13. The highest BCUT2D eigenvalue weighted by atomic mass is 16.4. The van der Waals surface area contributed by atoms with Gasteiger partial charge in [0.05, 0.1) is 11.4 Å². The van der Waals surface area contributed by atoms with Crippen molar-refractivity contribution >= 4 is 35.2 Å². The molecule has 6 nitrogen and oxygen atoms in total. The summed E-state index contributed by atoms with van der Waals surface area (Å²) in [4.78, 5) is 32.1. The minimum absolute atomic E-state index is 0.141. The molecule has 6 heteroatoms. The molecule has 0 aromatic heterocycles. The van der Waals surface area contributed by atoms with E-state index >= 15 is 0 Å². The van der Waals surface area contributed by atoms with Gasteiger partial charge in [0.15, 0.2) is 0 Å². The number of carboxylic acids is 1. The van der Waals surface area contributed by atoms with Crippen molar-refractivity contribution in [3.63, 3.8) is 0 Å². The molecule has 1 atom stereocenters. The Hall–Kier alpha value is -3.02. The van der Waals surface area contributed by atoms with E-state index in [1.54, 1.807) is 18.3 Å². The Morgan fingerprint density at radius 3 is 2.76 bits per heavy atom. The van der Waals surface area contributed by atoms with E-state index in [4.69, 9.17) is 10.1 Å². The molecule has 29 heavy (non-hydrogen) atoms.